The summed E-state index contributed by atoms with van der Waals surface area (Å²) in [6, 6.07) is 0. The molecule has 0 rings (SSSR count). The number of carbonyl (C=O) groups is 3. The van der Waals surface area contributed by atoms with Crippen LogP contribution in [0.4, 0.5) is 0 Å². The lowest BCUT2D eigenvalue weighted by Crippen LogP contribution is -2.43. The van der Waals surface area contributed by atoms with Gasteiger partial charge in [0.1, 0.15) is 11.5 Å². The van der Waals surface area contributed by atoms with Crippen molar-refractivity contribution in [2.45, 2.75) is 58.7 Å². The van der Waals surface area contributed by atoms with Crippen LogP contribution in [0, 0.1) is 5.92 Å². The number of carboxylic acid groups (broad SMARTS) is 2. The Labute approximate surface area is 124 Å². The maximum absolute atomic E-state index is 12.2. The highest BCUT2D eigenvalue weighted by Crippen LogP contribution is 2.23. The van der Waals surface area contributed by atoms with Crippen molar-refractivity contribution in [1.29, 1.82) is 0 Å². The van der Waals surface area contributed by atoms with Crippen LogP contribution in [-0.4, -0.2) is 46.4 Å². The minimum absolute atomic E-state index is 0.0815. The van der Waals surface area contributed by atoms with Crippen LogP contribution < -0.4 is 0 Å². The lowest BCUT2D eigenvalue weighted by Gasteiger charge is -2.30. The molecule has 0 aromatic carbocycles. The van der Waals surface area contributed by atoms with Crippen molar-refractivity contribution < 1.29 is 34.1 Å². The third-order valence-electron chi connectivity index (χ3n) is 3.50. The quantitative estimate of drug-likeness (QED) is 0.591. The van der Waals surface area contributed by atoms with Gasteiger partial charge in [-0.05, 0) is 26.7 Å². The molecular formula is C14H24O7. The van der Waals surface area contributed by atoms with Crippen LogP contribution in [0.5, 0.6) is 0 Å². The average Bonchev–Trinajstić information content (AvgIpc) is 2.41. The summed E-state index contributed by atoms with van der Waals surface area (Å²) in [5.41, 5.74) is -0.724. The highest BCUT2D eigenvalue weighted by atomic mass is 16.6. The Bertz CT molecular complexity index is 374. The summed E-state index contributed by atoms with van der Waals surface area (Å²) >= 11 is 0. The lowest BCUT2D eigenvalue weighted by molar-refractivity contribution is -0.181. The molecule has 0 fully saturated rings. The van der Waals surface area contributed by atoms with E-state index in [0.717, 1.165) is 0 Å². The molecule has 7 nitrogen and oxygen atoms in total. The first-order valence-electron chi connectivity index (χ1n) is 6.99. The number of hydrogen-bond donors (Lipinski definition) is 2. The van der Waals surface area contributed by atoms with Crippen molar-refractivity contribution in [3.63, 3.8) is 0 Å². The zero-order valence-corrected chi connectivity index (χ0v) is 12.9. The minimum Gasteiger partial charge on any atom is -0.481 e. The lowest BCUT2D eigenvalue weighted by atomic mass is 9.96. The molecule has 0 bridgehead atoms. The number of hydrogen-bond acceptors (Lipinski definition) is 5. The van der Waals surface area contributed by atoms with E-state index in [-0.39, 0.29) is 6.61 Å². The molecule has 0 aromatic heterocycles. The van der Waals surface area contributed by atoms with Crippen LogP contribution in [-0.2, 0) is 23.9 Å². The van der Waals surface area contributed by atoms with Gasteiger partial charge in [-0.1, -0.05) is 13.8 Å². The first kappa shape index (κ1) is 19.4. The van der Waals surface area contributed by atoms with E-state index in [9.17, 15) is 14.4 Å². The molecule has 0 saturated heterocycles. The van der Waals surface area contributed by atoms with Crippen molar-refractivity contribution in [3.8, 4) is 0 Å². The number of carboxylic acids is 2. The molecule has 0 aromatic rings. The van der Waals surface area contributed by atoms with Crippen molar-refractivity contribution in [2.24, 2.45) is 5.92 Å². The molecule has 0 spiro atoms. The molecule has 2 unspecified atom stereocenters. The predicted octanol–water partition coefficient (Wildman–Crippen LogP) is 1.69. The molecule has 7 heteroatoms. The van der Waals surface area contributed by atoms with Crippen LogP contribution in [0.3, 0.4) is 0 Å². The monoisotopic (exact) mass is 304 g/mol. The summed E-state index contributed by atoms with van der Waals surface area (Å²) in [4.78, 5) is 34.2. The van der Waals surface area contributed by atoms with Crippen molar-refractivity contribution in [1.82, 2.24) is 0 Å². The Morgan fingerprint density at radius 1 is 1.10 bits per heavy atom. The third kappa shape index (κ3) is 6.12. The van der Waals surface area contributed by atoms with Gasteiger partial charge in [-0.3, -0.25) is 9.59 Å². The Balaban J connectivity index is 5.20. The second-order valence-electron chi connectivity index (χ2n) is 5.00. The van der Waals surface area contributed by atoms with E-state index in [1.165, 1.54) is 0 Å². The Morgan fingerprint density at radius 3 is 1.95 bits per heavy atom. The van der Waals surface area contributed by atoms with E-state index in [1.807, 2.05) is 13.8 Å². The van der Waals surface area contributed by atoms with Crippen molar-refractivity contribution >= 4 is 17.9 Å². The molecule has 0 aliphatic carbocycles. The summed E-state index contributed by atoms with van der Waals surface area (Å²) in [6.07, 6.45) is -1.01. The van der Waals surface area contributed by atoms with E-state index in [1.54, 1.807) is 13.8 Å². The maximum atomic E-state index is 12.2. The molecular weight excluding hydrogens is 280 g/mol. The normalized spacial score (nSPS) is 14.3. The molecule has 2 atom stereocenters. The van der Waals surface area contributed by atoms with Crippen LogP contribution in [0.25, 0.3) is 0 Å². The van der Waals surface area contributed by atoms with E-state index >= 15 is 0 Å². The van der Waals surface area contributed by atoms with E-state index < -0.39 is 42.0 Å². The second-order valence-corrected chi connectivity index (χ2v) is 5.00. The van der Waals surface area contributed by atoms with E-state index in [4.69, 9.17) is 19.7 Å². The summed E-state index contributed by atoms with van der Waals surface area (Å²) in [6.45, 7) is 7.11. The van der Waals surface area contributed by atoms with Crippen molar-refractivity contribution in [2.75, 3.05) is 6.61 Å². The molecule has 0 saturated carbocycles. The van der Waals surface area contributed by atoms with E-state index in [0.29, 0.717) is 12.8 Å². The van der Waals surface area contributed by atoms with Gasteiger partial charge in [0.05, 0.1) is 6.42 Å². The Morgan fingerprint density at radius 2 is 1.62 bits per heavy atom. The van der Waals surface area contributed by atoms with Gasteiger partial charge in [0.15, 0.2) is 6.10 Å². The molecule has 21 heavy (non-hydrogen) atoms. The number of rotatable bonds is 10. The van der Waals surface area contributed by atoms with E-state index in [2.05, 4.69) is 0 Å². The highest BCUT2D eigenvalue weighted by Gasteiger charge is 2.39. The van der Waals surface area contributed by atoms with Crippen LogP contribution >= 0.6 is 0 Å². The van der Waals surface area contributed by atoms with Gasteiger partial charge in [-0.25, -0.2) is 4.79 Å². The molecule has 0 heterocycles. The first-order chi connectivity index (χ1) is 9.70. The van der Waals surface area contributed by atoms with Gasteiger partial charge in [0.2, 0.25) is 0 Å². The number of ether oxygens (including phenoxy) is 2. The molecule has 2 N–H and O–H groups in total. The van der Waals surface area contributed by atoms with Gasteiger partial charge in [-0.2, -0.15) is 0 Å². The van der Waals surface area contributed by atoms with Gasteiger partial charge in [0.25, 0.3) is 0 Å². The fraction of sp³-hybridized carbons (Fsp3) is 0.786. The number of aliphatic carboxylic acids is 2. The second kappa shape index (κ2) is 8.61. The summed E-state index contributed by atoms with van der Waals surface area (Å²) < 4.78 is 10.5. The highest BCUT2D eigenvalue weighted by molar-refractivity contribution is 5.86. The Kier molecular flexibility index (Phi) is 7.94. The largest absolute Gasteiger partial charge is 0.481 e. The molecule has 0 aliphatic heterocycles. The number of carbonyl (C=O) groups excluding carboxylic acids is 1. The maximum Gasteiger partial charge on any atom is 0.336 e. The Hall–Kier alpha value is -1.63. The average molecular weight is 304 g/mol. The molecule has 0 aliphatic rings. The van der Waals surface area contributed by atoms with Gasteiger partial charge in [-0.15, -0.1) is 0 Å². The fourth-order valence-corrected chi connectivity index (χ4v) is 1.74. The predicted molar refractivity (Wildman–Crippen MR) is 73.9 cm³/mol. The van der Waals surface area contributed by atoms with Crippen LogP contribution in [0.1, 0.15) is 47.0 Å². The summed E-state index contributed by atoms with van der Waals surface area (Å²) in [5, 5.41) is 17.9. The van der Waals surface area contributed by atoms with Gasteiger partial charge in [0, 0.05) is 6.61 Å². The third-order valence-corrected chi connectivity index (χ3v) is 3.50. The smallest absolute Gasteiger partial charge is 0.336 e. The zero-order valence-electron chi connectivity index (χ0n) is 12.9. The first-order valence-corrected chi connectivity index (χ1v) is 6.99. The molecule has 122 valence electrons. The number of esters is 1. The zero-order chi connectivity index (χ0) is 16.6. The van der Waals surface area contributed by atoms with Gasteiger partial charge >= 0.3 is 17.9 Å². The van der Waals surface area contributed by atoms with Crippen LogP contribution in [0.2, 0.25) is 0 Å². The van der Waals surface area contributed by atoms with Crippen molar-refractivity contribution in [3.05, 3.63) is 0 Å². The van der Waals surface area contributed by atoms with Crippen LogP contribution in [0.15, 0.2) is 0 Å². The molecule has 0 amide bonds. The molecule has 0 radical (unpaired) electrons. The summed E-state index contributed by atoms with van der Waals surface area (Å²) in [5.74, 6) is -5.03. The minimum atomic E-state index is -1.48. The topological polar surface area (TPSA) is 110 Å². The van der Waals surface area contributed by atoms with Gasteiger partial charge < -0.3 is 19.7 Å². The fourth-order valence-electron chi connectivity index (χ4n) is 1.74. The summed E-state index contributed by atoms with van der Waals surface area (Å²) in [7, 11) is 0. The standard InChI is InChI=1S/C14H24O7/c1-5-14(4,6-2)21-13(19)11(20-7-3)9(12(17)18)8-10(15)16/h9,11H,5-8H2,1-4H3,(H,15,16)(H,17,18). The SMILES string of the molecule is CCOC(C(=O)OC(C)(CC)CC)C(CC(=O)O)C(=O)O.